The van der Waals surface area contributed by atoms with E-state index in [1.165, 1.54) is 28.8 Å². The first-order chi connectivity index (χ1) is 11.8. The van der Waals surface area contributed by atoms with Crippen molar-refractivity contribution in [3.05, 3.63) is 71.7 Å². The van der Waals surface area contributed by atoms with E-state index in [4.69, 9.17) is 0 Å². The van der Waals surface area contributed by atoms with E-state index in [0.29, 0.717) is 5.92 Å². The van der Waals surface area contributed by atoms with Gasteiger partial charge in [-0.05, 0) is 37.6 Å². The molecule has 1 aromatic carbocycles. The van der Waals surface area contributed by atoms with Crippen LogP contribution < -0.4 is 0 Å². The Labute approximate surface area is 142 Å². The summed E-state index contributed by atoms with van der Waals surface area (Å²) < 4.78 is 0. The summed E-state index contributed by atoms with van der Waals surface area (Å²) in [4.78, 5) is 6.70. The van der Waals surface area contributed by atoms with E-state index in [-0.39, 0.29) is 0 Å². The maximum Gasteiger partial charge on any atom is 0.0923 e. The number of benzene rings is 1. The average molecular weight is 318 g/mol. The van der Waals surface area contributed by atoms with Crippen molar-refractivity contribution in [3.8, 4) is 11.3 Å². The summed E-state index contributed by atoms with van der Waals surface area (Å²) >= 11 is 0. The fourth-order valence-corrected chi connectivity index (χ4v) is 3.40. The van der Waals surface area contributed by atoms with Crippen molar-refractivity contribution >= 4 is 0 Å². The smallest absolute Gasteiger partial charge is 0.0923 e. The zero-order valence-corrected chi connectivity index (χ0v) is 13.9. The summed E-state index contributed by atoms with van der Waals surface area (Å²) in [6.45, 7) is 5.28. The van der Waals surface area contributed by atoms with Crippen molar-refractivity contribution in [2.45, 2.75) is 25.8 Å². The first-order valence-electron chi connectivity index (χ1n) is 8.51. The van der Waals surface area contributed by atoms with Crippen molar-refractivity contribution in [3.63, 3.8) is 0 Å². The number of rotatable bonds is 4. The summed E-state index contributed by atoms with van der Waals surface area (Å²) in [6.07, 6.45) is 4.96. The lowest BCUT2D eigenvalue weighted by molar-refractivity contribution is 0.326. The van der Waals surface area contributed by atoms with Crippen LogP contribution >= 0.6 is 0 Å². The van der Waals surface area contributed by atoms with Gasteiger partial charge in [-0.2, -0.15) is 5.10 Å². The quantitative estimate of drug-likeness (QED) is 0.796. The monoisotopic (exact) mass is 318 g/mol. The van der Waals surface area contributed by atoms with Crippen molar-refractivity contribution in [1.82, 2.24) is 20.1 Å². The molecule has 1 unspecified atom stereocenters. The van der Waals surface area contributed by atoms with Crippen LogP contribution in [0, 0.1) is 6.92 Å². The molecule has 4 rings (SSSR count). The Morgan fingerprint density at radius 1 is 1.21 bits per heavy atom. The Morgan fingerprint density at radius 3 is 2.88 bits per heavy atom. The highest BCUT2D eigenvalue weighted by atomic mass is 15.2. The van der Waals surface area contributed by atoms with Gasteiger partial charge >= 0.3 is 0 Å². The Kier molecular flexibility index (Phi) is 4.13. The molecule has 3 heterocycles. The normalized spacial score (nSPS) is 18.1. The predicted octanol–water partition coefficient (Wildman–Crippen LogP) is 3.77. The number of hydrogen-bond donors (Lipinski definition) is 1. The van der Waals surface area contributed by atoms with Gasteiger partial charge < -0.3 is 0 Å². The molecule has 4 heteroatoms. The van der Waals surface area contributed by atoms with Gasteiger partial charge in [0.2, 0.25) is 0 Å². The average Bonchev–Trinajstić information content (AvgIpc) is 3.26. The van der Waals surface area contributed by atoms with Gasteiger partial charge in [-0.15, -0.1) is 0 Å². The molecule has 24 heavy (non-hydrogen) atoms. The highest BCUT2D eigenvalue weighted by Gasteiger charge is 2.25. The number of nitrogens with zero attached hydrogens (tertiary/aromatic N) is 3. The molecule has 2 aromatic heterocycles. The predicted molar refractivity (Wildman–Crippen MR) is 95.6 cm³/mol. The van der Waals surface area contributed by atoms with Crippen molar-refractivity contribution in [1.29, 1.82) is 0 Å². The fraction of sp³-hybridized carbons (Fsp3) is 0.300. The molecule has 1 fully saturated rings. The molecular formula is C20H22N4. The van der Waals surface area contributed by atoms with Crippen LogP contribution in [0.3, 0.4) is 0 Å². The molecule has 3 aromatic rings. The van der Waals surface area contributed by atoms with Crippen LogP contribution in [-0.2, 0) is 6.54 Å². The van der Waals surface area contributed by atoms with E-state index in [1.54, 1.807) is 0 Å². The maximum absolute atomic E-state index is 4.52. The maximum atomic E-state index is 4.52. The van der Waals surface area contributed by atoms with Gasteiger partial charge in [0.05, 0.1) is 5.69 Å². The first kappa shape index (κ1) is 15.1. The number of H-pyrrole nitrogens is 1. The molecule has 0 radical (unpaired) electrons. The van der Waals surface area contributed by atoms with Gasteiger partial charge in [-0.1, -0.05) is 35.9 Å². The number of pyridine rings is 1. The van der Waals surface area contributed by atoms with Crippen molar-refractivity contribution in [2.24, 2.45) is 0 Å². The minimum Gasteiger partial charge on any atom is -0.298 e. The van der Waals surface area contributed by atoms with Crippen LogP contribution in [0.5, 0.6) is 0 Å². The van der Waals surface area contributed by atoms with Crippen molar-refractivity contribution < 1.29 is 0 Å². The first-order valence-corrected chi connectivity index (χ1v) is 8.51. The zero-order chi connectivity index (χ0) is 16.4. The van der Waals surface area contributed by atoms with E-state index in [0.717, 1.165) is 25.3 Å². The molecule has 0 saturated carbocycles. The summed E-state index contributed by atoms with van der Waals surface area (Å²) in [6, 6.07) is 14.9. The van der Waals surface area contributed by atoms with Crippen LogP contribution in [-0.4, -0.2) is 33.2 Å². The van der Waals surface area contributed by atoms with Crippen LogP contribution in [0.4, 0.5) is 0 Å². The molecule has 1 atom stereocenters. The number of aromatic nitrogens is 3. The number of likely N-dealkylation sites (tertiary alicyclic amines) is 1. The second kappa shape index (κ2) is 6.57. The molecule has 1 N–H and O–H groups in total. The number of aryl methyl sites for hydroxylation is 1. The van der Waals surface area contributed by atoms with Crippen LogP contribution in [0.25, 0.3) is 11.3 Å². The largest absolute Gasteiger partial charge is 0.298 e. The second-order valence-electron chi connectivity index (χ2n) is 6.66. The van der Waals surface area contributed by atoms with E-state index in [1.807, 2.05) is 18.5 Å². The summed E-state index contributed by atoms with van der Waals surface area (Å²) in [7, 11) is 0. The SMILES string of the molecule is Cc1ccc(-c2cc(C3CCN(Cc4cccnc4)C3)[nH]n2)cc1. The zero-order valence-electron chi connectivity index (χ0n) is 13.9. The van der Waals surface area contributed by atoms with Gasteiger partial charge in [0.15, 0.2) is 0 Å². The molecule has 0 amide bonds. The van der Waals surface area contributed by atoms with E-state index < -0.39 is 0 Å². The third kappa shape index (κ3) is 3.24. The Balaban J connectivity index is 1.43. The standard InChI is InChI=1S/C20H22N4/c1-15-4-6-17(7-5-15)19-11-20(23-22-19)18-8-10-24(14-18)13-16-3-2-9-21-12-16/h2-7,9,11-12,18H,8,10,13-14H2,1H3,(H,22,23). The Morgan fingerprint density at radius 2 is 2.08 bits per heavy atom. The molecule has 1 saturated heterocycles. The topological polar surface area (TPSA) is 44.8 Å². The minimum atomic E-state index is 0.536. The Bertz CT molecular complexity index is 792. The van der Waals surface area contributed by atoms with E-state index in [2.05, 4.69) is 63.4 Å². The number of nitrogens with one attached hydrogen (secondary N) is 1. The minimum absolute atomic E-state index is 0.536. The molecule has 0 spiro atoms. The lowest BCUT2D eigenvalue weighted by atomic mass is 10.0. The van der Waals surface area contributed by atoms with Gasteiger partial charge in [0.1, 0.15) is 0 Å². The summed E-state index contributed by atoms with van der Waals surface area (Å²) in [5.74, 6) is 0.536. The van der Waals surface area contributed by atoms with E-state index >= 15 is 0 Å². The van der Waals surface area contributed by atoms with E-state index in [9.17, 15) is 0 Å². The summed E-state index contributed by atoms with van der Waals surface area (Å²) in [5.41, 5.74) is 6.02. The third-order valence-corrected chi connectivity index (χ3v) is 4.79. The third-order valence-electron chi connectivity index (χ3n) is 4.79. The molecule has 1 aliphatic rings. The summed E-state index contributed by atoms with van der Waals surface area (Å²) in [5, 5.41) is 7.77. The second-order valence-corrected chi connectivity index (χ2v) is 6.66. The molecule has 122 valence electrons. The fourth-order valence-electron chi connectivity index (χ4n) is 3.40. The van der Waals surface area contributed by atoms with Crippen molar-refractivity contribution in [2.75, 3.05) is 13.1 Å². The lowest BCUT2D eigenvalue weighted by Crippen LogP contribution is -2.19. The molecule has 0 bridgehead atoms. The van der Waals surface area contributed by atoms with Gasteiger partial charge in [-0.3, -0.25) is 15.0 Å². The Hall–Kier alpha value is -2.46. The van der Waals surface area contributed by atoms with Gasteiger partial charge in [0, 0.05) is 42.7 Å². The van der Waals surface area contributed by atoms with Crippen LogP contribution in [0.2, 0.25) is 0 Å². The number of aromatic amines is 1. The molecule has 0 aliphatic carbocycles. The van der Waals surface area contributed by atoms with Gasteiger partial charge in [-0.25, -0.2) is 0 Å². The van der Waals surface area contributed by atoms with Gasteiger partial charge in [0.25, 0.3) is 0 Å². The molecular weight excluding hydrogens is 296 g/mol. The molecule has 4 nitrogen and oxygen atoms in total. The number of hydrogen-bond acceptors (Lipinski definition) is 3. The highest BCUT2D eigenvalue weighted by Crippen LogP contribution is 2.29. The molecule has 1 aliphatic heterocycles. The highest BCUT2D eigenvalue weighted by molar-refractivity contribution is 5.59. The van der Waals surface area contributed by atoms with Crippen LogP contribution in [0.1, 0.15) is 29.2 Å². The lowest BCUT2D eigenvalue weighted by Gasteiger charge is -2.15. The van der Waals surface area contributed by atoms with Crippen LogP contribution in [0.15, 0.2) is 54.9 Å².